The standard InChI is InChI=1S/C9H17NO/c1-8(7-10-11)9-5-3-2-4-6-9/h7-9,11H,2-6H2,1H3/b10-7+. The lowest BCUT2D eigenvalue weighted by Gasteiger charge is -2.24. The zero-order valence-corrected chi connectivity index (χ0v) is 7.16. The second kappa shape index (κ2) is 4.37. The highest BCUT2D eigenvalue weighted by molar-refractivity contribution is 5.59. The molecule has 0 aliphatic heterocycles. The predicted octanol–water partition coefficient (Wildman–Crippen LogP) is 2.66. The summed E-state index contributed by atoms with van der Waals surface area (Å²) in [6.07, 6.45) is 8.39. The van der Waals surface area contributed by atoms with Gasteiger partial charge in [-0.1, -0.05) is 26.2 Å². The quantitative estimate of drug-likeness (QED) is 0.371. The topological polar surface area (TPSA) is 32.6 Å². The molecule has 1 saturated carbocycles. The van der Waals surface area contributed by atoms with Gasteiger partial charge in [0.2, 0.25) is 0 Å². The minimum Gasteiger partial charge on any atom is -0.411 e. The van der Waals surface area contributed by atoms with E-state index in [9.17, 15) is 0 Å². The molecule has 1 unspecified atom stereocenters. The molecule has 11 heavy (non-hydrogen) atoms. The lowest BCUT2D eigenvalue weighted by molar-refractivity contribution is 0.293. The molecule has 0 saturated heterocycles. The Morgan fingerprint density at radius 2 is 2.00 bits per heavy atom. The molecule has 0 bridgehead atoms. The number of nitrogens with zero attached hydrogens (tertiary/aromatic N) is 1. The van der Waals surface area contributed by atoms with Gasteiger partial charge in [0.05, 0.1) is 0 Å². The van der Waals surface area contributed by atoms with Gasteiger partial charge < -0.3 is 5.21 Å². The van der Waals surface area contributed by atoms with E-state index >= 15 is 0 Å². The van der Waals surface area contributed by atoms with Crippen molar-refractivity contribution in [3.63, 3.8) is 0 Å². The Labute approximate surface area is 68.3 Å². The molecule has 2 nitrogen and oxygen atoms in total. The summed E-state index contributed by atoms with van der Waals surface area (Å²) >= 11 is 0. The van der Waals surface area contributed by atoms with Crippen LogP contribution in [0.5, 0.6) is 0 Å². The molecular formula is C9H17NO. The molecule has 0 spiro atoms. The fourth-order valence-electron chi connectivity index (χ4n) is 1.89. The third kappa shape index (κ3) is 2.52. The lowest BCUT2D eigenvalue weighted by Crippen LogP contribution is -2.16. The van der Waals surface area contributed by atoms with Crippen molar-refractivity contribution in [2.24, 2.45) is 17.0 Å². The fourth-order valence-corrected chi connectivity index (χ4v) is 1.89. The molecule has 0 aromatic carbocycles. The maximum atomic E-state index is 8.34. The fraction of sp³-hybridized carbons (Fsp3) is 0.889. The molecule has 1 N–H and O–H groups in total. The first kappa shape index (κ1) is 8.57. The zero-order valence-electron chi connectivity index (χ0n) is 7.16. The highest BCUT2D eigenvalue weighted by Gasteiger charge is 2.18. The summed E-state index contributed by atoms with van der Waals surface area (Å²) < 4.78 is 0. The Morgan fingerprint density at radius 3 is 2.55 bits per heavy atom. The van der Waals surface area contributed by atoms with Crippen LogP contribution in [0.3, 0.4) is 0 Å². The largest absolute Gasteiger partial charge is 0.411 e. The monoisotopic (exact) mass is 155 g/mol. The molecular weight excluding hydrogens is 138 g/mol. The first-order valence-corrected chi connectivity index (χ1v) is 4.52. The van der Waals surface area contributed by atoms with E-state index in [2.05, 4.69) is 12.1 Å². The Hall–Kier alpha value is -0.530. The highest BCUT2D eigenvalue weighted by Crippen LogP contribution is 2.28. The van der Waals surface area contributed by atoms with E-state index in [1.54, 1.807) is 6.21 Å². The van der Waals surface area contributed by atoms with E-state index in [0.29, 0.717) is 5.92 Å². The van der Waals surface area contributed by atoms with Gasteiger partial charge in [-0.05, 0) is 24.7 Å². The normalized spacial score (nSPS) is 24.1. The van der Waals surface area contributed by atoms with E-state index in [-0.39, 0.29) is 0 Å². The lowest BCUT2D eigenvalue weighted by atomic mass is 9.81. The molecule has 1 rings (SSSR count). The van der Waals surface area contributed by atoms with Crippen LogP contribution in [0.15, 0.2) is 5.16 Å². The maximum Gasteiger partial charge on any atom is 0.0466 e. The number of oxime groups is 1. The minimum absolute atomic E-state index is 0.459. The third-order valence-corrected chi connectivity index (χ3v) is 2.70. The van der Waals surface area contributed by atoms with E-state index < -0.39 is 0 Å². The van der Waals surface area contributed by atoms with Crippen molar-refractivity contribution in [1.82, 2.24) is 0 Å². The summed E-state index contributed by atoms with van der Waals surface area (Å²) in [6.45, 7) is 2.13. The average molecular weight is 155 g/mol. The van der Waals surface area contributed by atoms with Crippen molar-refractivity contribution in [3.05, 3.63) is 0 Å². The van der Waals surface area contributed by atoms with Gasteiger partial charge in [0.1, 0.15) is 0 Å². The molecule has 0 aromatic rings. The van der Waals surface area contributed by atoms with Crippen LogP contribution >= 0.6 is 0 Å². The van der Waals surface area contributed by atoms with Crippen molar-refractivity contribution in [2.75, 3.05) is 0 Å². The summed E-state index contributed by atoms with van der Waals surface area (Å²) in [5.41, 5.74) is 0. The molecule has 1 atom stereocenters. The van der Waals surface area contributed by atoms with Crippen molar-refractivity contribution in [3.8, 4) is 0 Å². The van der Waals surface area contributed by atoms with Crippen LogP contribution in [0, 0.1) is 11.8 Å². The molecule has 0 heterocycles. The number of hydrogen-bond donors (Lipinski definition) is 1. The summed E-state index contributed by atoms with van der Waals surface area (Å²) in [4.78, 5) is 0. The zero-order chi connectivity index (χ0) is 8.10. The second-order valence-corrected chi connectivity index (χ2v) is 3.52. The van der Waals surface area contributed by atoms with Crippen molar-refractivity contribution >= 4 is 6.21 Å². The molecule has 64 valence electrons. The van der Waals surface area contributed by atoms with Gasteiger partial charge in [-0.15, -0.1) is 5.16 Å². The molecule has 2 heteroatoms. The van der Waals surface area contributed by atoms with E-state index in [1.807, 2.05) is 0 Å². The SMILES string of the molecule is CC(/C=N/O)C1CCCCC1. The minimum atomic E-state index is 0.459. The van der Waals surface area contributed by atoms with E-state index in [0.717, 1.165) is 5.92 Å². The van der Waals surface area contributed by atoms with Crippen LogP contribution in [0.4, 0.5) is 0 Å². The average Bonchev–Trinajstić information content (AvgIpc) is 2.07. The molecule has 1 fully saturated rings. The van der Waals surface area contributed by atoms with Gasteiger partial charge in [0, 0.05) is 6.21 Å². The van der Waals surface area contributed by atoms with Gasteiger partial charge in [0.15, 0.2) is 0 Å². The second-order valence-electron chi connectivity index (χ2n) is 3.52. The van der Waals surface area contributed by atoms with Gasteiger partial charge >= 0.3 is 0 Å². The predicted molar refractivity (Wildman–Crippen MR) is 46.0 cm³/mol. The van der Waals surface area contributed by atoms with E-state index in [4.69, 9.17) is 5.21 Å². The van der Waals surface area contributed by atoms with Crippen molar-refractivity contribution in [1.29, 1.82) is 0 Å². The summed E-state index contributed by atoms with van der Waals surface area (Å²) in [7, 11) is 0. The van der Waals surface area contributed by atoms with Gasteiger partial charge in [-0.3, -0.25) is 0 Å². The first-order valence-electron chi connectivity index (χ1n) is 4.52. The van der Waals surface area contributed by atoms with Crippen molar-refractivity contribution < 1.29 is 5.21 Å². The molecule has 0 amide bonds. The third-order valence-electron chi connectivity index (χ3n) is 2.70. The van der Waals surface area contributed by atoms with Crippen LogP contribution in [0.1, 0.15) is 39.0 Å². The van der Waals surface area contributed by atoms with Crippen LogP contribution in [-0.4, -0.2) is 11.4 Å². The van der Waals surface area contributed by atoms with Gasteiger partial charge in [-0.2, -0.15) is 0 Å². The number of rotatable bonds is 2. The summed E-state index contributed by atoms with van der Waals surface area (Å²) in [5, 5.41) is 11.4. The summed E-state index contributed by atoms with van der Waals surface area (Å²) in [6, 6.07) is 0. The van der Waals surface area contributed by atoms with E-state index in [1.165, 1.54) is 32.1 Å². The molecule has 0 aromatic heterocycles. The Bertz CT molecular complexity index is 128. The summed E-state index contributed by atoms with van der Waals surface area (Å²) in [5.74, 6) is 1.22. The van der Waals surface area contributed by atoms with Crippen LogP contribution in [-0.2, 0) is 0 Å². The first-order chi connectivity index (χ1) is 5.34. The Kier molecular flexibility index (Phi) is 3.40. The van der Waals surface area contributed by atoms with Crippen LogP contribution in [0.25, 0.3) is 0 Å². The smallest absolute Gasteiger partial charge is 0.0466 e. The molecule has 1 aliphatic rings. The van der Waals surface area contributed by atoms with Gasteiger partial charge in [0.25, 0.3) is 0 Å². The van der Waals surface area contributed by atoms with Crippen molar-refractivity contribution in [2.45, 2.75) is 39.0 Å². The maximum absolute atomic E-state index is 8.34. The highest BCUT2D eigenvalue weighted by atomic mass is 16.4. The molecule has 0 radical (unpaired) electrons. The Balaban J connectivity index is 2.32. The van der Waals surface area contributed by atoms with Crippen LogP contribution < -0.4 is 0 Å². The van der Waals surface area contributed by atoms with Crippen LogP contribution in [0.2, 0.25) is 0 Å². The van der Waals surface area contributed by atoms with Gasteiger partial charge in [-0.25, -0.2) is 0 Å². The molecule has 1 aliphatic carbocycles. The Morgan fingerprint density at radius 1 is 1.36 bits per heavy atom. The number of hydrogen-bond acceptors (Lipinski definition) is 2.